The van der Waals surface area contributed by atoms with E-state index >= 15 is 0 Å². The molecule has 0 spiro atoms. The van der Waals surface area contributed by atoms with E-state index in [1.165, 1.54) is 11.8 Å². The number of aliphatic hydroxyl groups is 1. The van der Waals surface area contributed by atoms with Gasteiger partial charge in [0.05, 0.1) is 5.75 Å². The minimum Gasteiger partial charge on any atom is -0.396 e. The monoisotopic (exact) mass is 462 g/mol. The van der Waals surface area contributed by atoms with Gasteiger partial charge in [-0.2, -0.15) is 4.98 Å². The summed E-state index contributed by atoms with van der Waals surface area (Å²) in [6.07, 6.45) is 3.28. The number of rotatable bonds is 7. The molecule has 7 nitrogen and oxygen atoms in total. The molecule has 0 saturated carbocycles. The number of carbonyl (C=O) groups excluding carboxylic acids is 1. The maximum atomic E-state index is 12.8. The van der Waals surface area contributed by atoms with Crippen LogP contribution in [0.2, 0.25) is 5.02 Å². The fourth-order valence-corrected chi connectivity index (χ4v) is 5.36. The molecule has 1 fully saturated rings. The average molecular weight is 463 g/mol. The second kappa shape index (κ2) is 10.1. The normalized spacial score (nSPS) is 15.9. The minimum absolute atomic E-state index is 0.0531. The van der Waals surface area contributed by atoms with Crippen molar-refractivity contribution in [3.63, 3.8) is 0 Å². The minimum atomic E-state index is -0.277. The van der Waals surface area contributed by atoms with Crippen LogP contribution in [0, 0.1) is 0 Å². The van der Waals surface area contributed by atoms with Gasteiger partial charge >= 0.3 is 5.69 Å². The lowest BCUT2D eigenvalue weighted by Crippen LogP contribution is -2.49. The second-order valence-corrected chi connectivity index (χ2v) is 9.24. The first-order valence-electron chi connectivity index (χ1n) is 10.7. The van der Waals surface area contributed by atoms with E-state index in [-0.39, 0.29) is 18.2 Å². The summed E-state index contributed by atoms with van der Waals surface area (Å²) in [7, 11) is 0. The number of aromatic nitrogens is 2. The lowest BCUT2D eigenvalue weighted by molar-refractivity contribution is -0.128. The Balaban J connectivity index is 1.35. The van der Waals surface area contributed by atoms with Crippen molar-refractivity contribution in [2.75, 3.05) is 43.4 Å². The number of hydrogen-bond acceptors (Lipinski definition) is 6. The molecule has 0 radical (unpaired) electrons. The third-order valence-corrected chi connectivity index (χ3v) is 7.15. The summed E-state index contributed by atoms with van der Waals surface area (Å²) >= 11 is 7.35. The first-order valence-corrected chi connectivity index (χ1v) is 12.1. The molecule has 9 heteroatoms. The van der Waals surface area contributed by atoms with Crippen LogP contribution in [-0.2, 0) is 24.2 Å². The van der Waals surface area contributed by atoms with Crippen LogP contribution >= 0.6 is 23.4 Å². The molecular formula is C22H27ClN4O3S. The quantitative estimate of drug-likeness (QED) is 0.502. The smallest absolute Gasteiger partial charge is 0.348 e. The van der Waals surface area contributed by atoms with Crippen LogP contribution in [0.1, 0.15) is 24.1 Å². The van der Waals surface area contributed by atoms with Gasteiger partial charge in [0.25, 0.3) is 0 Å². The van der Waals surface area contributed by atoms with Crippen molar-refractivity contribution >= 4 is 35.0 Å². The average Bonchev–Trinajstić information content (AvgIpc) is 3.27. The Labute approximate surface area is 191 Å². The predicted octanol–water partition coefficient (Wildman–Crippen LogP) is 2.21. The molecule has 0 atom stereocenters. The zero-order chi connectivity index (χ0) is 21.8. The van der Waals surface area contributed by atoms with Crippen LogP contribution in [0.15, 0.2) is 34.1 Å². The highest BCUT2D eigenvalue weighted by Crippen LogP contribution is 2.29. The van der Waals surface area contributed by atoms with E-state index in [0.717, 1.165) is 54.3 Å². The molecule has 1 aliphatic carbocycles. The molecule has 31 heavy (non-hydrogen) atoms. The van der Waals surface area contributed by atoms with Gasteiger partial charge < -0.3 is 14.9 Å². The van der Waals surface area contributed by atoms with Crippen LogP contribution in [-0.4, -0.2) is 64.0 Å². The Morgan fingerprint density at radius 3 is 2.58 bits per heavy atom. The number of piperazine rings is 1. The van der Waals surface area contributed by atoms with Gasteiger partial charge in [-0.3, -0.25) is 9.36 Å². The van der Waals surface area contributed by atoms with Crippen LogP contribution in [0.4, 0.5) is 5.69 Å². The summed E-state index contributed by atoms with van der Waals surface area (Å²) in [5.41, 5.74) is 2.97. The summed E-state index contributed by atoms with van der Waals surface area (Å²) in [5.74, 6) is 0.374. The molecule has 1 aromatic carbocycles. The third-order valence-electron chi connectivity index (χ3n) is 5.90. The fourth-order valence-electron chi connectivity index (χ4n) is 4.25. The largest absolute Gasteiger partial charge is 0.396 e. The molecule has 1 saturated heterocycles. The van der Waals surface area contributed by atoms with E-state index in [9.17, 15) is 9.59 Å². The number of thioether (sulfide) groups is 1. The number of amides is 1. The molecule has 1 aromatic heterocycles. The molecule has 0 bridgehead atoms. The van der Waals surface area contributed by atoms with Crippen molar-refractivity contribution in [2.45, 2.75) is 37.3 Å². The van der Waals surface area contributed by atoms with Gasteiger partial charge in [0.2, 0.25) is 5.91 Å². The zero-order valence-electron chi connectivity index (χ0n) is 17.4. The predicted molar refractivity (Wildman–Crippen MR) is 123 cm³/mol. The van der Waals surface area contributed by atoms with E-state index in [4.69, 9.17) is 16.7 Å². The van der Waals surface area contributed by atoms with Gasteiger partial charge in [0.1, 0.15) is 5.03 Å². The Kier molecular flexibility index (Phi) is 7.20. The van der Waals surface area contributed by atoms with Crippen LogP contribution in [0.3, 0.4) is 0 Å². The summed E-state index contributed by atoms with van der Waals surface area (Å²) in [6, 6.07) is 7.78. The highest BCUT2D eigenvalue weighted by molar-refractivity contribution is 7.99. The number of carbonyl (C=O) groups is 1. The maximum Gasteiger partial charge on any atom is 0.348 e. The summed E-state index contributed by atoms with van der Waals surface area (Å²) < 4.78 is 1.69. The van der Waals surface area contributed by atoms with Crippen molar-refractivity contribution in [2.24, 2.45) is 0 Å². The number of nitrogens with zero attached hydrogens (tertiary/aromatic N) is 4. The molecule has 2 aromatic rings. The first kappa shape index (κ1) is 22.2. The second-order valence-electron chi connectivity index (χ2n) is 7.84. The fraction of sp³-hybridized carbons (Fsp3) is 0.500. The van der Waals surface area contributed by atoms with Crippen LogP contribution in [0.25, 0.3) is 0 Å². The van der Waals surface area contributed by atoms with Gasteiger partial charge in [0, 0.05) is 61.3 Å². The number of anilines is 1. The van der Waals surface area contributed by atoms with Crippen molar-refractivity contribution in [1.29, 1.82) is 0 Å². The van der Waals surface area contributed by atoms with Crippen molar-refractivity contribution in [3.8, 4) is 0 Å². The van der Waals surface area contributed by atoms with Gasteiger partial charge in [-0.15, -0.1) is 0 Å². The molecule has 2 heterocycles. The highest BCUT2D eigenvalue weighted by atomic mass is 35.5. The molecule has 1 N–H and O–H groups in total. The molecule has 1 aliphatic heterocycles. The summed E-state index contributed by atoms with van der Waals surface area (Å²) in [6.45, 7) is 3.47. The Bertz CT molecular complexity index is 987. The topological polar surface area (TPSA) is 78.7 Å². The molecular weight excluding hydrogens is 436 g/mol. The number of halogens is 1. The molecule has 2 aliphatic rings. The van der Waals surface area contributed by atoms with Crippen molar-refractivity contribution in [3.05, 3.63) is 51.0 Å². The highest BCUT2D eigenvalue weighted by Gasteiger charge is 2.25. The van der Waals surface area contributed by atoms with Gasteiger partial charge in [-0.05, 0) is 49.9 Å². The Morgan fingerprint density at radius 2 is 1.87 bits per heavy atom. The summed E-state index contributed by atoms with van der Waals surface area (Å²) in [5, 5.41) is 10.5. The van der Waals surface area contributed by atoms with Gasteiger partial charge in [0.15, 0.2) is 0 Å². The SMILES string of the molecule is O=C(CSc1nc(=O)n(CCCO)c2c1CCC2)N1CCN(c2ccc(Cl)cc2)CC1. The van der Waals surface area contributed by atoms with Crippen molar-refractivity contribution in [1.82, 2.24) is 14.5 Å². The maximum absolute atomic E-state index is 12.8. The Hall–Kier alpha value is -2.03. The number of benzene rings is 1. The first-order chi connectivity index (χ1) is 15.1. The molecule has 166 valence electrons. The third kappa shape index (κ3) is 5.07. The van der Waals surface area contributed by atoms with Crippen LogP contribution < -0.4 is 10.6 Å². The lowest BCUT2D eigenvalue weighted by atomic mass is 10.2. The number of fused-ring (bicyclic) bond motifs is 1. The molecule has 1 amide bonds. The van der Waals surface area contributed by atoms with Crippen molar-refractivity contribution < 1.29 is 9.90 Å². The lowest BCUT2D eigenvalue weighted by Gasteiger charge is -2.36. The van der Waals surface area contributed by atoms with E-state index in [2.05, 4.69) is 9.88 Å². The number of aliphatic hydroxyl groups excluding tert-OH is 1. The van der Waals surface area contributed by atoms with E-state index in [0.29, 0.717) is 36.8 Å². The molecule has 0 unspecified atom stereocenters. The zero-order valence-corrected chi connectivity index (χ0v) is 19.0. The summed E-state index contributed by atoms with van der Waals surface area (Å²) in [4.78, 5) is 33.7. The van der Waals surface area contributed by atoms with Crippen LogP contribution in [0.5, 0.6) is 0 Å². The molecule has 4 rings (SSSR count). The van der Waals surface area contributed by atoms with E-state index < -0.39 is 0 Å². The standard InChI is InChI=1S/C22H27ClN4O3S/c23-16-5-7-17(8-6-16)25-10-12-26(13-11-25)20(29)15-31-21-18-3-1-4-19(18)27(9-2-14-28)22(30)24-21/h5-8,28H,1-4,9-15H2. The Morgan fingerprint density at radius 1 is 1.13 bits per heavy atom. The van der Waals surface area contributed by atoms with Gasteiger partial charge in [-0.25, -0.2) is 4.79 Å². The van der Waals surface area contributed by atoms with E-state index in [1.54, 1.807) is 4.57 Å². The number of hydrogen-bond donors (Lipinski definition) is 1. The van der Waals surface area contributed by atoms with E-state index in [1.807, 2.05) is 29.2 Å². The van der Waals surface area contributed by atoms with Gasteiger partial charge in [-0.1, -0.05) is 23.4 Å².